The second kappa shape index (κ2) is 12.9. The van der Waals surface area contributed by atoms with Gasteiger partial charge in [0, 0.05) is 40.2 Å². The molecule has 0 spiro atoms. The van der Waals surface area contributed by atoms with Crippen molar-refractivity contribution in [2.45, 2.75) is 0 Å². The maximum Gasteiger partial charge on any atom is 0.280 e. The van der Waals surface area contributed by atoms with E-state index in [1.807, 2.05) is 0 Å². The molecule has 0 rings (SSSR count). The van der Waals surface area contributed by atoms with Gasteiger partial charge in [0.1, 0.15) is 0 Å². The first-order valence-corrected chi connectivity index (χ1v) is 7.23. The molecule has 0 saturated carbocycles. The summed E-state index contributed by atoms with van der Waals surface area (Å²) in [6.45, 7) is 3.83. The van der Waals surface area contributed by atoms with Gasteiger partial charge >= 0.3 is 0 Å². The fraction of sp³-hybridized carbons (Fsp3) is 0.875. The monoisotopic (exact) mass is 442 g/mol. The second-order valence-corrected chi connectivity index (χ2v) is 4.30. The molecule has 0 unspecified atom stereocenters. The van der Waals surface area contributed by atoms with E-state index in [1.54, 1.807) is 22.6 Å². The van der Waals surface area contributed by atoms with E-state index in [4.69, 9.17) is 9.47 Å². The first-order valence-electron chi connectivity index (χ1n) is 4.63. The van der Waals surface area contributed by atoms with Crippen LogP contribution in [0.15, 0.2) is 0 Å². The van der Waals surface area contributed by atoms with Gasteiger partial charge in [-0.3, -0.25) is 4.79 Å². The number of amides is 1. The molecule has 0 heterocycles. The van der Waals surface area contributed by atoms with Crippen LogP contribution < -0.4 is 10.6 Å². The Balaban J connectivity index is 2.89. The van der Waals surface area contributed by atoms with Crippen molar-refractivity contribution < 1.29 is 14.3 Å². The zero-order valence-corrected chi connectivity index (χ0v) is 12.7. The third-order valence-corrected chi connectivity index (χ3v) is 2.32. The van der Waals surface area contributed by atoms with Crippen LogP contribution in [0, 0.1) is 0 Å². The molecule has 1 amide bonds. The topological polar surface area (TPSA) is 59.6 Å². The molecule has 0 aromatic rings. The number of alkyl halides is 1. The van der Waals surface area contributed by atoms with Gasteiger partial charge in [-0.25, -0.2) is 0 Å². The van der Waals surface area contributed by atoms with E-state index in [0.717, 1.165) is 11.1 Å². The normalized spacial score (nSPS) is 10.3. The van der Waals surface area contributed by atoms with Crippen LogP contribution in [-0.2, 0) is 9.47 Å². The number of carbonyl (C=O) groups excluding carboxylic acids is 1. The van der Waals surface area contributed by atoms with Gasteiger partial charge in [-0.2, -0.15) is 0 Å². The standard InChI is InChI=1S/C8H16I2N2O3/c9-7-11-1-3-14-5-6-15-4-2-12-8(10)13/h11H,1-7H2,(H,12,13). The number of rotatable bonds is 10. The molecule has 0 aromatic heterocycles. The fourth-order valence-corrected chi connectivity index (χ4v) is 1.41. The van der Waals surface area contributed by atoms with Crippen molar-refractivity contribution in [3.8, 4) is 0 Å². The van der Waals surface area contributed by atoms with Crippen molar-refractivity contribution in [2.75, 3.05) is 44.1 Å². The molecule has 0 saturated heterocycles. The molecule has 0 radical (unpaired) electrons. The highest BCUT2D eigenvalue weighted by atomic mass is 127. The van der Waals surface area contributed by atoms with Crippen LogP contribution in [0.5, 0.6) is 0 Å². The third kappa shape index (κ3) is 14.8. The van der Waals surface area contributed by atoms with Crippen LogP contribution >= 0.6 is 45.2 Å². The Morgan fingerprint density at radius 2 is 1.67 bits per heavy atom. The molecular weight excluding hydrogens is 426 g/mol. The van der Waals surface area contributed by atoms with Crippen molar-refractivity contribution in [2.24, 2.45) is 0 Å². The predicted molar refractivity (Wildman–Crippen MR) is 75.9 cm³/mol. The fourth-order valence-electron chi connectivity index (χ4n) is 0.755. The van der Waals surface area contributed by atoms with Crippen LogP contribution in [-0.4, -0.2) is 48.0 Å². The van der Waals surface area contributed by atoms with Crippen molar-refractivity contribution in [3.05, 3.63) is 0 Å². The number of nitrogens with one attached hydrogen (secondary N) is 2. The van der Waals surface area contributed by atoms with Crippen LogP contribution in [0.25, 0.3) is 0 Å². The van der Waals surface area contributed by atoms with Gasteiger partial charge < -0.3 is 20.1 Å². The zero-order chi connectivity index (χ0) is 11.4. The molecule has 7 heteroatoms. The lowest BCUT2D eigenvalue weighted by atomic mass is 10.6. The van der Waals surface area contributed by atoms with E-state index >= 15 is 0 Å². The minimum atomic E-state index is -0.0580. The third-order valence-electron chi connectivity index (χ3n) is 1.40. The maximum absolute atomic E-state index is 10.5. The molecule has 5 nitrogen and oxygen atoms in total. The van der Waals surface area contributed by atoms with Gasteiger partial charge in [-0.15, -0.1) is 0 Å². The van der Waals surface area contributed by atoms with E-state index in [9.17, 15) is 4.79 Å². The van der Waals surface area contributed by atoms with Gasteiger partial charge in [0.25, 0.3) is 3.91 Å². The summed E-state index contributed by atoms with van der Waals surface area (Å²) in [6.07, 6.45) is 0. The van der Waals surface area contributed by atoms with E-state index in [1.165, 1.54) is 0 Å². The quantitative estimate of drug-likeness (QED) is 0.175. The van der Waals surface area contributed by atoms with Crippen LogP contribution in [0.1, 0.15) is 0 Å². The summed E-state index contributed by atoms with van der Waals surface area (Å²) in [5.74, 6) is 0. The van der Waals surface area contributed by atoms with Crippen LogP contribution in [0.3, 0.4) is 0 Å². The summed E-state index contributed by atoms with van der Waals surface area (Å²) >= 11 is 3.94. The molecular formula is C8H16I2N2O3. The van der Waals surface area contributed by atoms with Crippen molar-refractivity contribution in [1.29, 1.82) is 0 Å². The summed E-state index contributed by atoms with van der Waals surface area (Å²) < 4.78 is 11.4. The number of hydrogen-bond acceptors (Lipinski definition) is 4. The number of ether oxygens (including phenoxy) is 2. The highest BCUT2D eigenvalue weighted by Crippen LogP contribution is 1.83. The van der Waals surface area contributed by atoms with Gasteiger partial charge in [0.2, 0.25) is 0 Å². The van der Waals surface area contributed by atoms with Gasteiger partial charge in [0.15, 0.2) is 0 Å². The summed E-state index contributed by atoms with van der Waals surface area (Å²) in [6, 6.07) is 0. The van der Waals surface area contributed by atoms with Crippen molar-refractivity contribution in [3.63, 3.8) is 0 Å². The van der Waals surface area contributed by atoms with Crippen LogP contribution in [0.2, 0.25) is 0 Å². The minimum Gasteiger partial charge on any atom is -0.378 e. The predicted octanol–water partition coefficient (Wildman–Crippen LogP) is 1.15. The van der Waals surface area contributed by atoms with Gasteiger partial charge in [0.05, 0.1) is 26.4 Å². The Kier molecular flexibility index (Phi) is 13.6. The highest BCUT2D eigenvalue weighted by molar-refractivity contribution is 14.1. The van der Waals surface area contributed by atoms with E-state index in [-0.39, 0.29) is 3.91 Å². The summed E-state index contributed by atoms with van der Waals surface area (Å²) in [7, 11) is 0. The molecule has 0 aromatic carbocycles. The first-order chi connectivity index (χ1) is 7.27. The molecule has 0 aliphatic carbocycles. The largest absolute Gasteiger partial charge is 0.378 e. The summed E-state index contributed by atoms with van der Waals surface area (Å²) in [4.78, 5) is 10.5. The molecule has 0 bridgehead atoms. The molecule has 0 fully saturated rings. The number of carbonyl (C=O) groups is 1. The summed E-state index contributed by atoms with van der Waals surface area (Å²) in [5, 5.41) is 5.78. The minimum absolute atomic E-state index is 0.0580. The number of halogens is 2. The Labute approximate surface area is 117 Å². The zero-order valence-electron chi connectivity index (χ0n) is 8.43. The smallest absolute Gasteiger partial charge is 0.280 e. The molecule has 90 valence electrons. The van der Waals surface area contributed by atoms with E-state index in [0.29, 0.717) is 33.0 Å². The summed E-state index contributed by atoms with van der Waals surface area (Å²) in [5.41, 5.74) is 0. The van der Waals surface area contributed by atoms with E-state index in [2.05, 4.69) is 33.2 Å². The Bertz CT molecular complexity index is 161. The first kappa shape index (κ1) is 15.8. The SMILES string of the molecule is O=C(I)NCCOCCOCCNCI. The lowest BCUT2D eigenvalue weighted by molar-refractivity contribution is 0.0511. The lowest BCUT2D eigenvalue weighted by Crippen LogP contribution is -2.22. The maximum atomic E-state index is 10.5. The Morgan fingerprint density at radius 1 is 1.07 bits per heavy atom. The van der Waals surface area contributed by atoms with Crippen molar-refractivity contribution in [1.82, 2.24) is 10.6 Å². The molecule has 2 N–H and O–H groups in total. The Hall–Kier alpha value is 0.810. The molecule has 0 aliphatic rings. The molecule has 15 heavy (non-hydrogen) atoms. The average Bonchev–Trinajstić information content (AvgIpc) is 2.20. The average molecular weight is 442 g/mol. The van der Waals surface area contributed by atoms with Crippen LogP contribution in [0.4, 0.5) is 4.79 Å². The Morgan fingerprint density at radius 3 is 2.20 bits per heavy atom. The molecule has 0 aliphatic heterocycles. The van der Waals surface area contributed by atoms with Crippen molar-refractivity contribution >= 4 is 49.1 Å². The van der Waals surface area contributed by atoms with E-state index < -0.39 is 0 Å². The highest BCUT2D eigenvalue weighted by Gasteiger charge is 1.92. The lowest BCUT2D eigenvalue weighted by Gasteiger charge is -2.05. The number of hydrogen-bond donors (Lipinski definition) is 2. The molecule has 0 atom stereocenters. The van der Waals surface area contributed by atoms with Gasteiger partial charge in [-0.1, -0.05) is 22.6 Å². The van der Waals surface area contributed by atoms with Gasteiger partial charge in [-0.05, 0) is 0 Å². The second-order valence-electron chi connectivity index (χ2n) is 2.56.